The van der Waals surface area contributed by atoms with E-state index in [4.69, 9.17) is 28.2 Å². The van der Waals surface area contributed by atoms with Crippen LogP contribution in [-0.4, -0.2) is 71.0 Å². The number of ether oxygens (including phenoxy) is 1. The number of nitrogens with zero attached hydrogens (tertiary/aromatic N) is 9. The average Bonchev–Trinajstić information content (AvgIpc) is 3.98. The molecule has 0 saturated carbocycles. The zero-order chi connectivity index (χ0) is 47.8. The molecule has 0 fully saturated rings. The largest absolute Gasteiger partial charge is 0.443 e. The van der Waals surface area contributed by atoms with Gasteiger partial charge in [-0.3, -0.25) is 14.3 Å². The lowest BCUT2D eigenvalue weighted by molar-refractivity contribution is 0.0540. The minimum atomic E-state index is -0.819. The molecule has 0 spiro atoms. The summed E-state index contributed by atoms with van der Waals surface area (Å²) in [4.78, 5) is 49.0. The van der Waals surface area contributed by atoms with Crippen molar-refractivity contribution in [2.45, 2.75) is 110 Å². The quantitative estimate of drug-likeness (QED) is 0.0110. The van der Waals surface area contributed by atoms with E-state index in [9.17, 15) is 31.9 Å². The van der Waals surface area contributed by atoms with Crippen molar-refractivity contribution in [1.82, 2.24) is 39.8 Å². The number of unbranched alkanes of at least 4 members (excludes halogenated alkanes) is 5. The van der Waals surface area contributed by atoms with Gasteiger partial charge in [-0.2, -0.15) is 0 Å². The molecule has 66 heavy (non-hydrogen) atoms. The fourth-order valence-electron chi connectivity index (χ4n) is 5.91. The Morgan fingerprint density at radius 1 is 0.879 bits per heavy atom. The second kappa shape index (κ2) is 28.8. The number of terminal acetylenes is 1. The van der Waals surface area contributed by atoms with Crippen molar-refractivity contribution in [3.8, 4) is 12.3 Å². The van der Waals surface area contributed by atoms with Gasteiger partial charge in [0.15, 0.2) is 11.7 Å². The maximum atomic E-state index is 13.2. The number of carbonyl (C=O) groups is 3. The SMILES string of the molecule is C#CCCCCCc1cn(C(=O)OC(C)(C)C)c(N)n1.Cl.Nc1ncc(CCCCCc2cn(CCCC(=O)c3cc(F)cc(F)c3)nn2)[nH]1.[N-]=[N+]=NCCNC(=O)c1cc(F)cc(F)c1. The van der Waals surface area contributed by atoms with E-state index in [-0.39, 0.29) is 54.8 Å². The molecule has 5 rings (SSSR count). The van der Waals surface area contributed by atoms with Gasteiger partial charge in [0.25, 0.3) is 5.91 Å². The smallest absolute Gasteiger partial charge is 0.421 e. The highest BCUT2D eigenvalue weighted by atomic mass is 35.5. The molecule has 356 valence electrons. The van der Waals surface area contributed by atoms with Crippen LogP contribution in [0.5, 0.6) is 0 Å². The number of rotatable bonds is 20. The molecule has 5 aromatic rings. The predicted octanol–water partition coefficient (Wildman–Crippen LogP) is 8.89. The Kier molecular flexibility index (Phi) is 24.1. The topological polar surface area (TPSA) is 250 Å². The van der Waals surface area contributed by atoms with Crippen molar-refractivity contribution < 1.29 is 36.7 Å². The molecule has 3 heterocycles. The third-order valence-corrected chi connectivity index (χ3v) is 8.90. The number of aryl methyl sites for hydroxylation is 4. The number of imidazole rings is 2. The first kappa shape index (κ1) is 55.2. The van der Waals surface area contributed by atoms with E-state index >= 15 is 0 Å². The number of nitrogens with one attached hydrogen (secondary N) is 2. The van der Waals surface area contributed by atoms with E-state index in [2.05, 4.69) is 46.5 Å². The molecular formula is C44H56ClF4N13O4. The number of ketones is 1. The predicted molar refractivity (Wildman–Crippen MR) is 243 cm³/mol. The Morgan fingerprint density at radius 3 is 2.08 bits per heavy atom. The molecule has 0 bridgehead atoms. The summed E-state index contributed by atoms with van der Waals surface area (Å²) in [6, 6.07) is 5.39. The van der Waals surface area contributed by atoms with Crippen molar-refractivity contribution in [3.63, 3.8) is 0 Å². The first-order valence-electron chi connectivity index (χ1n) is 20.9. The van der Waals surface area contributed by atoms with Crippen LogP contribution in [0.3, 0.4) is 0 Å². The minimum Gasteiger partial charge on any atom is -0.443 e. The Bertz CT molecular complexity index is 2360. The van der Waals surface area contributed by atoms with Gasteiger partial charge in [0.05, 0.1) is 17.6 Å². The summed E-state index contributed by atoms with van der Waals surface area (Å²) in [5.41, 5.74) is 21.4. The maximum absolute atomic E-state index is 13.2. The molecule has 22 heteroatoms. The molecule has 3 aromatic heterocycles. The van der Waals surface area contributed by atoms with Crippen molar-refractivity contribution in [3.05, 3.63) is 117 Å². The van der Waals surface area contributed by atoms with Crippen molar-refractivity contribution >= 4 is 42.1 Å². The van der Waals surface area contributed by atoms with Gasteiger partial charge in [-0.25, -0.2) is 36.9 Å². The summed E-state index contributed by atoms with van der Waals surface area (Å²) in [7, 11) is 0. The van der Waals surface area contributed by atoms with E-state index in [1.807, 2.05) is 27.0 Å². The van der Waals surface area contributed by atoms with Crippen LogP contribution in [0, 0.1) is 35.6 Å². The first-order valence-corrected chi connectivity index (χ1v) is 20.9. The molecule has 2 aromatic carbocycles. The molecule has 0 unspecified atom stereocenters. The molecular weight excluding hydrogens is 886 g/mol. The number of carbonyl (C=O) groups excluding carboxylic acids is 3. The van der Waals surface area contributed by atoms with Gasteiger partial charge in [0.1, 0.15) is 28.9 Å². The number of benzene rings is 2. The number of nitrogen functional groups attached to an aromatic ring is 2. The number of halogens is 5. The zero-order valence-electron chi connectivity index (χ0n) is 37.1. The van der Waals surface area contributed by atoms with Crippen LogP contribution in [-0.2, 0) is 30.5 Å². The number of anilines is 2. The zero-order valence-corrected chi connectivity index (χ0v) is 37.9. The number of aromatic amines is 1. The number of H-pyrrole nitrogens is 1. The number of azide groups is 1. The van der Waals surface area contributed by atoms with Crippen LogP contribution in [0.25, 0.3) is 10.4 Å². The van der Waals surface area contributed by atoms with E-state index in [0.717, 1.165) is 112 Å². The minimum absolute atomic E-state index is 0. The molecule has 1 amide bonds. The summed E-state index contributed by atoms with van der Waals surface area (Å²) in [6.45, 7) is 6.15. The fourth-order valence-corrected chi connectivity index (χ4v) is 5.91. The van der Waals surface area contributed by atoms with Crippen LogP contribution in [0.15, 0.2) is 60.1 Å². The highest BCUT2D eigenvalue weighted by Crippen LogP contribution is 2.16. The van der Waals surface area contributed by atoms with E-state index < -0.39 is 40.9 Å². The molecule has 17 nitrogen and oxygen atoms in total. The lowest BCUT2D eigenvalue weighted by Crippen LogP contribution is -2.27. The number of nitrogens with two attached hydrogens (primary N) is 2. The Morgan fingerprint density at radius 2 is 1.48 bits per heavy atom. The third kappa shape index (κ3) is 21.6. The first-order chi connectivity index (χ1) is 31.0. The second-order valence-corrected chi connectivity index (χ2v) is 15.6. The Balaban J connectivity index is 0.000000356. The van der Waals surface area contributed by atoms with E-state index in [0.29, 0.717) is 25.0 Å². The summed E-state index contributed by atoms with van der Waals surface area (Å²) in [6.07, 6.45) is 20.2. The summed E-state index contributed by atoms with van der Waals surface area (Å²) >= 11 is 0. The highest BCUT2D eigenvalue weighted by Gasteiger charge is 2.20. The van der Waals surface area contributed by atoms with Crippen LogP contribution in [0.1, 0.15) is 116 Å². The maximum Gasteiger partial charge on any atom is 0.421 e. The highest BCUT2D eigenvalue weighted by molar-refractivity contribution is 5.96. The summed E-state index contributed by atoms with van der Waals surface area (Å²) in [5.74, 6) is -0.815. The van der Waals surface area contributed by atoms with E-state index in [1.165, 1.54) is 4.57 Å². The van der Waals surface area contributed by atoms with Crippen LogP contribution in [0.4, 0.5) is 34.3 Å². The van der Waals surface area contributed by atoms with Gasteiger partial charge in [-0.15, -0.1) is 29.8 Å². The van der Waals surface area contributed by atoms with Crippen molar-refractivity contribution in [1.29, 1.82) is 0 Å². The lowest BCUT2D eigenvalue weighted by Gasteiger charge is -2.19. The molecule has 0 radical (unpaired) electrons. The lowest BCUT2D eigenvalue weighted by atomic mass is 10.1. The summed E-state index contributed by atoms with van der Waals surface area (Å²) in [5, 5.41) is 13.8. The Labute approximate surface area is 386 Å². The molecule has 0 atom stereocenters. The van der Waals surface area contributed by atoms with Gasteiger partial charge < -0.3 is 26.5 Å². The van der Waals surface area contributed by atoms with Gasteiger partial charge in [0, 0.05) is 78.7 Å². The molecule has 0 aliphatic carbocycles. The van der Waals surface area contributed by atoms with Gasteiger partial charge in [-0.1, -0.05) is 23.2 Å². The van der Waals surface area contributed by atoms with Crippen LogP contribution >= 0.6 is 12.4 Å². The van der Waals surface area contributed by atoms with Crippen LogP contribution < -0.4 is 16.8 Å². The number of hydrogen-bond donors (Lipinski definition) is 4. The molecule has 0 saturated heterocycles. The van der Waals surface area contributed by atoms with Gasteiger partial charge in [0.2, 0.25) is 5.95 Å². The number of amides is 1. The van der Waals surface area contributed by atoms with Gasteiger partial charge in [-0.05, 0) is 102 Å². The fraction of sp³-hybridized carbons (Fsp3) is 0.432. The second-order valence-electron chi connectivity index (χ2n) is 15.6. The van der Waals surface area contributed by atoms with E-state index in [1.54, 1.807) is 17.1 Å². The monoisotopic (exact) mass is 941 g/mol. The third-order valence-electron chi connectivity index (χ3n) is 8.90. The number of aromatic nitrogens is 7. The normalized spacial score (nSPS) is 10.5. The average molecular weight is 942 g/mol. The number of Topliss-reactive ketones (excluding diaryl/α,β-unsaturated/α-hetero) is 1. The molecule has 0 aliphatic rings. The molecule has 6 N–H and O–H groups in total. The van der Waals surface area contributed by atoms with Crippen LogP contribution in [0.2, 0.25) is 0 Å². The molecule has 0 aliphatic heterocycles. The van der Waals surface area contributed by atoms with Gasteiger partial charge >= 0.3 is 6.09 Å². The number of hydrogen-bond acceptors (Lipinski definition) is 11. The van der Waals surface area contributed by atoms with Crippen molar-refractivity contribution in [2.75, 3.05) is 24.6 Å². The van der Waals surface area contributed by atoms with Crippen molar-refractivity contribution in [2.24, 2.45) is 5.11 Å². The standard InChI is InChI=1S/C20H24F2N6O.C15H23N3O2.C9H8F2N4O.ClH/c21-15-9-14(10-16(22)11-15)19(29)7-4-8-28-13-18(26-27-28)6-3-1-2-5-17-12-24-20(23)25-17;1-5-6-7-8-9-10-12-11-18(13(16)17-12)14(19)20-15(2,3)4;10-7-3-6(4-8(11)5-7)9(16)13-1-2-14-15-12;/h9-13H,1-8H2,(H3,23,24,25);1,11H,6-10H2,2-4H3,(H2,16,17);3-5H,1-2H2,(H,13,16);1H. The summed E-state index contributed by atoms with van der Waals surface area (Å²) < 4.78 is 60.1. The Hall–Kier alpha value is -6.91.